The van der Waals surface area contributed by atoms with Gasteiger partial charge in [0.1, 0.15) is 24.0 Å². The molecule has 0 aliphatic carbocycles. The summed E-state index contributed by atoms with van der Waals surface area (Å²) in [6.07, 6.45) is 2.64. The zero-order chi connectivity index (χ0) is 17.9. The van der Waals surface area contributed by atoms with Crippen LogP contribution in [-0.2, 0) is 13.0 Å². The van der Waals surface area contributed by atoms with Gasteiger partial charge >= 0.3 is 0 Å². The van der Waals surface area contributed by atoms with Crippen LogP contribution in [0.2, 0.25) is 0 Å². The Morgan fingerprint density at radius 1 is 1.24 bits per heavy atom. The van der Waals surface area contributed by atoms with Crippen LogP contribution in [0.5, 0.6) is 5.75 Å². The fraction of sp³-hybridized carbons (Fsp3) is 0.500. The van der Waals surface area contributed by atoms with Crippen LogP contribution in [0.25, 0.3) is 0 Å². The molecule has 0 spiro atoms. The Bertz CT molecular complexity index is 640. The van der Waals surface area contributed by atoms with Gasteiger partial charge in [-0.25, -0.2) is 4.99 Å². The maximum atomic E-state index is 5.85. The van der Waals surface area contributed by atoms with Crippen molar-refractivity contribution in [3.8, 4) is 5.75 Å². The maximum Gasteiger partial charge on any atom is 0.191 e. The third-order valence-electron chi connectivity index (χ3n) is 3.59. The van der Waals surface area contributed by atoms with Crippen LogP contribution < -0.4 is 15.4 Å². The van der Waals surface area contributed by atoms with E-state index in [0.717, 1.165) is 43.6 Å². The number of guanidine groups is 1. The van der Waals surface area contributed by atoms with E-state index < -0.39 is 0 Å². The lowest BCUT2D eigenvalue weighted by molar-refractivity contribution is 0.230. The van der Waals surface area contributed by atoms with Gasteiger partial charge in [-0.2, -0.15) is 0 Å². The first kappa shape index (κ1) is 18.8. The zero-order valence-corrected chi connectivity index (χ0v) is 15.3. The smallest absolute Gasteiger partial charge is 0.191 e. The fourth-order valence-corrected chi connectivity index (χ4v) is 2.36. The summed E-state index contributed by atoms with van der Waals surface area (Å²) in [5, 5.41) is 14.6. The van der Waals surface area contributed by atoms with Gasteiger partial charge in [0.2, 0.25) is 0 Å². The second-order valence-electron chi connectivity index (χ2n) is 5.68. The molecule has 7 heteroatoms. The van der Waals surface area contributed by atoms with Crippen LogP contribution in [0, 0.1) is 0 Å². The van der Waals surface area contributed by atoms with Gasteiger partial charge in [0.25, 0.3) is 0 Å². The molecule has 0 fully saturated rings. The second kappa shape index (κ2) is 10.3. The molecule has 1 heterocycles. The van der Waals surface area contributed by atoms with Crippen molar-refractivity contribution in [2.24, 2.45) is 4.99 Å². The number of nitrogens with zero attached hydrogens (tertiary/aromatic N) is 4. The molecule has 0 aliphatic heterocycles. The average molecular weight is 344 g/mol. The highest BCUT2D eigenvalue weighted by atomic mass is 16.5. The minimum absolute atomic E-state index is 0.00222. The fourth-order valence-electron chi connectivity index (χ4n) is 2.36. The maximum absolute atomic E-state index is 5.85. The number of nitrogens with one attached hydrogen (secondary N) is 2. The van der Waals surface area contributed by atoms with E-state index in [0.29, 0.717) is 6.54 Å². The van der Waals surface area contributed by atoms with Gasteiger partial charge in [-0.15, -0.1) is 10.2 Å². The molecule has 2 N–H and O–H groups in total. The monoisotopic (exact) mass is 344 g/mol. The first-order valence-electron chi connectivity index (χ1n) is 8.83. The molecule has 0 bridgehead atoms. The van der Waals surface area contributed by atoms with Crippen molar-refractivity contribution < 1.29 is 4.74 Å². The predicted molar refractivity (Wildman–Crippen MR) is 99.9 cm³/mol. The Morgan fingerprint density at radius 2 is 2.04 bits per heavy atom. The largest absolute Gasteiger partial charge is 0.489 e. The molecule has 25 heavy (non-hydrogen) atoms. The lowest BCUT2D eigenvalue weighted by Crippen LogP contribution is -2.39. The van der Waals surface area contributed by atoms with E-state index in [2.05, 4.69) is 44.2 Å². The number of aryl methyl sites for hydroxylation is 1. The highest BCUT2D eigenvalue weighted by Crippen LogP contribution is 2.10. The highest BCUT2D eigenvalue weighted by molar-refractivity contribution is 5.79. The van der Waals surface area contributed by atoms with E-state index >= 15 is 0 Å². The summed E-state index contributed by atoms with van der Waals surface area (Å²) in [5.74, 6) is 2.65. The first-order valence-corrected chi connectivity index (χ1v) is 8.83. The molecule has 1 aromatic heterocycles. The lowest BCUT2D eigenvalue weighted by atomic mass is 10.3. The molecule has 2 aromatic rings. The lowest BCUT2D eigenvalue weighted by Gasteiger charge is -2.15. The summed E-state index contributed by atoms with van der Waals surface area (Å²) in [4.78, 5) is 4.60. The van der Waals surface area contributed by atoms with Crippen LogP contribution in [0.4, 0.5) is 0 Å². The van der Waals surface area contributed by atoms with Gasteiger partial charge in [-0.1, -0.05) is 25.1 Å². The summed E-state index contributed by atoms with van der Waals surface area (Å²) in [7, 11) is 0. The van der Waals surface area contributed by atoms with Gasteiger partial charge in [0.15, 0.2) is 5.96 Å². The molecule has 0 aliphatic rings. The van der Waals surface area contributed by atoms with Gasteiger partial charge < -0.3 is 19.9 Å². The third-order valence-corrected chi connectivity index (χ3v) is 3.59. The first-order chi connectivity index (χ1) is 12.2. The van der Waals surface area contributed by atoms with Crippen molar-refractivity contribution in [1.82, 2.24) is 25.4 Å². The van der Waals surface area contributed by atoms with Crippen molar-refractivity contribution >= 4 is 5.96 Å². The standard InChI is InChI=1S/C18H28N6O/c1-4-17-23-22-14-24(17)12-11-20-18(19-5-2)21-13-15(3)25-16-9-7-6-8-10-16/h6-10,14-15H,4-5,11-13H2,1-3H3,(H2,19,20,21). The molecule has 1 unspecified atom stereocenters. The molecule has 0 radical (unpaired) electrons. The molecule has 0 saturated carbocycles. The normalized spacial score (nSPS) is 12.7. The molecule has 1 aromatic carbocycles. The van der Waals surface area contributed by atoms with E-state index in [9.17, 15) is 0 Å². The topological polar surface area (TPSA) is 76.4 Å². The van der Waals surface area contributed by atoms with Crippen LogP contribution in [-0.4, -0.2) is 46.5 Å². The van der Waals surface area contributed by atoms with Crippen LogP contribution in [0.15, 0.2) is 41.7 Å². The van der Waals surface area contributed by atoms with Crippen LogP contribution in [0.1, 0.15) is 26.6 Å². The number of para-hydroxylation sites is 1. The van der Waals surface area contributed by atoms with Gasteiger partial charge in [0, 0.05) is 26.1 Å². The van der Waals surface area contributed by atoms with Gasteiger partial charge in [0.05, 0.1) is 6.54 Å². The molecule has 136 valence electrons. The second-order valence-corrected chi connectivity index (χ2v) is 5.68. The molecule has 7 nitrogen and oxygen atoms in total. The Hall–Kier alpha value is -2.57. The van der Waals surface area contributed by atoms with E-state index in [1.807, 2.05) is 37.3 Å². The Kier molecular flexibility index (Phi) is 7.75. The molecule has 0 amide bonds. The summed E-state index contributed by atoms with van der Waals surface area (Å²) >= 11 is 0. The summed E-state index contributed by atoms with van der Waals surface area (Å²) in [6.45, 7) is 9.10. The van der Waals surface area contributed by atoms with Gasteiger partial charge in [-0.3, -0.25) is 0 Å². The number of hydrogen-bond acceptors (Lipinski definition) is 4. The molecule has 0 saturated heterocycles. The Labute approximate surface area is 149 Å². The minimum atomic E-state index is 0.00222. The van der Waals surface area contributed by atoms with Crippen molar-refractivity contribution in [1.29, 1.82) is 0 Å². The van der Waals surface area contributed by atoms with E-state index in [-0.39, 0.29) is 6.10 Å². The van der Waals surface area contributed by atoms with Crippen LogP contribution >= 0.6 is 0 Å². The van der Waals surface area contributed by atoms with Crippen molar-refractivity contribution in [3.05, 3.63) is 42.5 Å². The van der Waals surface area contributed by atoms with Crippen LogP contribution in [0.3, 0.4) is 0 Å². The highest BCUT2D eigenvalue weighted by Gasteiger charge is 2.05. The third kappa shape index (κ3) is 6.45. The summed E-state index contributed by atoms with van der Waals surface area (Å²) < 4.78 is 7.91. The summed E-state index contributed by atoms with van der Waals surface area (Å²) in [6, 6.07) is 9.81. The quantitative estimate of drug-likeness (QED) is 0.536. The Balaban J connectivity index is 1.81. The predicted octanol–water partition coefficient (Wildman–Crippen LogP) is 1.86. The van der Waals surface area contributed by atoms with Crippen molar-refractivity contribution in [3.63, 3.8) is 0 Å². The van der Waals surface area contributed by atoms with Crippen molar-refractivity contribution in [2.75, 3.05) is 19.6 Å². The number of benzene rings is 1. The number of ether oxygens (including phenoxy) is 1. The Morgan fingerprint density at radius 3 is 2.76 bits per heavy atom. The van der Waals surface area contributed by atoms with E-state index in [4.69, 9.17) is 4.74 Å². The van der Waals surface area contributed by atoms with E-state index in [1.54, 1.807) is 6.33 Å². The number of hydrogen-bond donors (Lipinski definition) is 2. The molecule has 1 atom stereocenters. The van der Waals surface area contributed by atoms with Gasteiger partial charge in [-0.05, 0) is 26.0 Å². The summed E-state index contributed by atoms with van der Waals surface area (Å²) in [5.41, 5.74) is 0. The van der Waals surface area contributed by atoms with Crippen molar-refractivity contribution in [2.45, 2.75) is 39.8 Å². The molecular weight excluding hydrogens is 316 g/mol. The molecular formula is C18H28N6O. The number of rotatable bonds is 9. The number of aromatic nitrogens is 3. The minimum Gasteiger partial charge on any atom is -0.489 e. The molecule has 2 rings (SSSR count). The SMILES string of the molecule is CCNC(=NCC(C)Oc1ccccc1)NCCn1cnnc1CC. The zero-order valence-electron chi connectivity index (χ0n) is 15.3. The average Bonchev–Trinajstić information content (AvgIpc) is 3.08. The number of aliphatic imine (C=N–C) groups is 1. The van der Waals surface area contributed by atoms with E-state index in [1.165, 1.54) is 0 Å².